The number of aryl methyl sites for hydroxylation is 1. The molecule has 7 nitrogen and oxygen atoms in total. The van der Waals surface area contributed by atoms with Crippen LogP contribution in [0.4, 0.5) is 0 Å². The minimum absolute atomic E-state index is 0.0188. The number of Topliss-reactive ketones (excluding diaryl/α,β-unsaturated/α-hetero) is 1. The van der Waals surface area contributed by atoms with E-state index in [-0.39, 0.29) is 28.4 Å². The predicted octanol–water partition coefficient (Wildman–Crippen LogP) is 4.85. The highest BCUT2D eigenvalue weighted by atomic mass is 32.2. The summed E-state index contributed by atoms with van der Waals surface area (Å²) in [6, 6.07) is 26.6. The molecule has 8 heteroatoms. The number of nitrogens with zero attached hydrogens (tertiary/aromatic N) is 2. The fraction of sp³-hybridized carbons (Fsp3) is 0.303. The van der Waals surface area contributed by atoms with E-state index in [1.54, 1.807) is 23.7 Å². The molecule has 41 heavy (non-hydrogen) atoms. The lowest BCUT2D eigenvalue weighted by Crippen LogP contribution is -2.43. The first kappa shape index (κ1) is 27.1. The summed E-state index contributed by atoms with van der Waals surface area (Å²) in [5.74, 6) is -2.07. The number of hydrogen-bond acceptors (Lipinski definition) is 6. The van der Waals surface area contributed by atoms with Gasteiger partial charge in [0.15, 0.2) is 16.4 Å². The van der Waals surface area contributed by atoms with Gasteiger partial charge in [0.25, 0.3) is 0 Å². The highest BCUT2D eigenvalue weighted by Gasteiger charge is 2.59. The van der Waals surface area contributed by atoms with Crippen molar-refractivity contribution in [1.82, 2.24) is 9.55 Å². The molecule has 2 fully saturated rings. The minimum Gasteiger partial charge on any atom is -0.450 e. The van der Waals surface area contributed by atoms with E-state index in [0.717, 1.165) is 29.5 Å². The second-order valence-electron chi connectivity index (χ2n) is 11.3. The van der Waals surface area contributed by atoms with Crippen LogP contribution in [-0.2, 0) is 49.8 Å². The van der Waals surface area contributed by atoms with E-state index in [2.05, 4.69) is 4.98 Å². The second-order valence-corrected chi connectivity index (χ2v) is 13.3. The number of ether oxygens (including phenoxy) is 1. The molecule has 210 valence electrons. The maximum absolute atomic E-state index is 14.4. The van der Waals surface area contributed by atoms with Crippen molar-refractivity contribution in [2.24, 2.45) is 18.9 Å². The third-order valence-electron chi connectivity index (χ3n) is 8.13. The number of cyclic esters (lactones) is 1. The Morgan fingerprint density at radius 3 is 2.07 bits per heavy atom. The highest BCUT2D eigenvalue weighted by Crippen LogP contribution is 2.51. The molecule has 1 aromatic heterocycles. The van der Waals surface area contributed by atoms with Crippen molar-refractivity contribution in [1.29, 1.82) is 0 Å². The quantitative estimate of drug-likeness (QED) is 0.200. The third kappa shape index (κ3) is 5.61. The standard InChI is InChI=1S/C33H32N2O5S/c1-35-20-28(34-22-35)41(38,39)21-25-13-8-14-27(17-25)29(26-15-16-26)30-31(36)33(40-32(30)37,18-23-9-4-2-5-10-23)19-24-11-6-3-7-12-24/h2-14,17,20,22,26,29-30H,15-16,18-19,21H2,1H3. The zero-order chi connectivity index (χ0) is 28.6. The number of esters is 1. The van der Waals surface area contributed by atoms with Gasteiger partial charge in [0.1, 0.15) is 5.92 Å². The maximum Gasteiger partial charge on any atom is 0.318 e. The molecule has 2 atom stereocenters. The van der Waals surface area contributed by atoms with Crippen LogP contribution in [0.5, 0.6) is 0 Å². The Labute approximate surface area is 240 Å². The molecule has 6 rings (SSSR count). The number of rotatable bonds is 10. The molecule has 0 radical (unpaired) electrons. The van der Waals surface area contributed by atoms with Gasteiger partial charge in [0.05, 0.1) is 12.1 Å². The summed E-state index contributed by atoms with van der Waals surface area (Å²) in [7, 11) is -1.94. The van der Waals surface area contributed by atoms with Gasteiger partial charge in [-0.3, -0.25) is 9.59 Å². The van der Waals surface area contributed by atoms with E-state index < -0.39 is 27.3 Å². The molecule has 2 heterocycles. The number of ketones is 1. The van der Waals surface area contributed by atoms with Crippen molar-refractivity contribution in [3.05, 3.63) is 120 Å². The monoisotopic (exact) mass is 568 g/mol. The molecule has 1 saturated carbocycles. The zero-order valence-electron chi connectivity index (χ0n) is 22.8. The smallest absolute Gasteiger partial charge is 0.318 e. The molecule has 0 bridgehead atoms. The summed E-state index contributed by atoms with van der Waals surface area (Å²) in [4.78, 5) is 32.1. The second kappa shape index (κ2) is 10.7. The molecule has 4 aromatic rings. The van der Waals surface area contributed by atoms with E-state index in [1.807, 2.05) is 72.8 Å². The van der Waals surface area contributed by atoms with Crippen molar-refractivity contribution in [3.8, 4) is 0 Å². The number of carbonyl (C=O) groups is 2. The third-order valence-corrected chi connectivity index (χ3v) is 9.69. The van der Waals surface area contributed by atoms with Gasteiger partial charge in [-0.25, -0.2) is 13.4 Å². The van der Waals surface area contributed by atoms with Gasteiger partial charge >= 0.3 is 5.97 Å². The number of sulfone groups is 1. The summed E-state index contributed by atoms with van der Waals surface area (Å²) in [6.07, 6.45) is 5.34. The van der Waals surface area contributed by atoms with Crippen molar-refractivity contribution in [3.63, 3.8) is 0 Å². The Kier molecular flexibility index (Phi) is 7.11. The first-order valence-electron chi connectivity index (χ1n) is 13.9. The van der Waals surface area contributed by atoms with Gasteiger partial charge in [-0.05, 0) is 41.0 Å². The Hall–Kier alpha value is -4.04. The largest absolute Gasteiger partial charge is 0.450 e. The van der Waals surface area contributed by atoms with Crippen LogP contribution in [0.25, 0.3) is 0 Å². The number of carbonyl (C=O) groups excluding carboxylic acids is 2. The van der Waals surface area contributed by atoms with E-state index >= 15 is 0 Å². The first-order valence-corrected chi connectivity index (χ1v) is 15.5. The number of hydrogen-bond donors (Lipinski definition) is 0. The van der Waals surface area contributed by atoms with Crippen LogP contribution < -0.4 is 0 Å². The predicted molar refractivity (Wildman–Crippen MR) is 154 cm³/mol. The number of imidazole rings is 1. The topological polar surface area (TPSA) is 95.3 Å². The minimum atomic E-state index is -3.66. The lowest BCUT2D eigenvalue weighted by Gasteiger charge is -2.27. The van der Waals surface area contributed by atoms with Crippen LogP contribution in [0.1, 0.15) is 41.0 Å². The van der Waals surface area contributed by atoms with Gasteiger partial charge in [0, 0.05) is 32.0 Å². The average molecular weight is 569 g/mol. The molecule has 1 aliphatic heterocycles. The average Bonchev–Trinajstić information content (AvgIpc) is 3.64. The SMILES string of the molecule is Cn1cnc(S(=O)(=O)Cc2cccc(C(C3CC3)C3C(=O)OC(Cc4ccccc4)(Cc4ccccc4)C3=O)c2)c1. The van der Waals surface area contributed by atoms with Crippen LogP contribution >= 0.6 is 0 Å². The molecule has 1 saturated heterocycles. The molecule has 0 amide bonds. The van der Waals surface area contributed by atoms with Crippen molar-refractivity contribution < 1.29 is 22.7 Å². The zero-order valence-corrected chi connectivity index (χ0v) is 23.7. The van der Waals surface area contributed by atoms with Crippen LogP contribution in [-0.4, -0.2) is 35.3 Å². The summed E-state index contributed by atoms with van der Waals surface area (Å²) >= 11 is 0. The summed E-state index contributed by atoms with van der Waals surface area (Å²) < 4.78 is 33.8. The van der Waals surface area contributed by atoms with Crippen molar-refractivity contribution in [2.45, 2.75) is 48.0 Å². The van der Waals surface area contributed by atoms with E-state index in [0.29, 0.717) is 18.4 Å². The Morgan fingerprint density at radius 2 is 1.51 bits per heavy atom. The van der Waals surface area contributed by atoms with Gasteiger partial charge in [-0.15, -0.1) is 0 Å². The van der Waals surface area contributed by atoms with E-state index in [1.165, 1.54) is 12.5 Å². The Morgan fingerprint density at radius 1 is 0.902 bits per heavy atom. The van der Waals surface area contributed by atoms with E-state index in [9.17, 15) is 18.0 Å². The van der Waals surface area contributed by atoms with Crippen LogP contribution in [0, 0.1) is 11.8 Å². The van der Waals surface area contributed by atoms with Gasteiger partial charge in [-0.2, -0.15) is 0 Å². The van der Waals surface area contributed by atoms with Crippen molar-refractivity contribution in [2.75, 3.05) is 0 Å². The van der Waals surface area contributed by atoms with Crippen LogP contribution in [0.3, 0.4) is 0 Å². The fourth-order valence-corrected chi connectivity index (χ4v) is 7.39. The number of benzene rings is 3. The number of aromatic nitrogens is 2. The van der Waals surface area contributed by atoms with E-state index in [4.69, 9.17) is 4.74 Å². The molecule has 1 aliphatic carbocycles. The Bertz CT molecular complexity index is 1640. The highest BCUT2D eigenvalue weighted by molar-refractivity contribution is 7.90. The van der Waals surface area contributed by atoms with Gasteiger partial charge < -0.3 is 9.30 Å². The molecule has 0 spiro atoms. The summed E-state index contributed by atoms with van der Waals surface area (Å²) in [5, 5.41) is 0.0188. The van der Waals surface area contributed by atoms with Crippen LogP contribution in [0.2, 0.25) is 0 Å². The molecule has 2 unspecified atom stereocenters. The fourth-order valence-electron chi connectivity index (χ4n) is 6.09. The lowest BCUT2D eigenvalue weighted by atomic mass is 9.74. The Balaban J connectivity index is 1.34. The van der Waals surface area contributed by atoms with Gasteiger partial charge in [0.2, 0.25) is 9.84 Å². The van der Waals surface area contributed by atoms with Gasteiger partial charge in [-0.1, -0.05) is 84.9 Å². The summed E-state index contributed by atoms with van der Waals surface area (Å²) in [5.41, 5.74) is 1.94. The first-order chi connectivity index (χ1) is 19.7. The normalized spacial score (nSPS) is 19.2. The molecular weight excluding hydrogens is 536 g/mol. The molecular formula is C33H32N2O5S. The lowest BCUT2D eigenvalue weighted by molar-refractivity contribution is -0.152. The maximum atomic E-state index is 14.4. The molecule has 0 N–H and O–H groups in total. The molecule has 3 aromatic carbocycles. The molecule has 2 aliphatic rings. The van der Waals surface area contributed by atoms with Crippen LogP contribution in [0.15, 0.2) is 102 Å². The summed E-state index contributed by atoms with van der Waals surface area (Å²) in [6.45, 7) is 0. The van der Waals surface area contributed by atoms with Crippen molar-refractivity contribution >= 4 is 21.6 Å².